The van der Waals surface area contributed by atoms with Gasteiger partial charge in [0.05, 0.1) is 0 Å². The summed E-state index contributed by atoms with van der Waals surface area (Å²) < 4.78 is 13.1. The summed E-state index contributed by atoms with van der Waals surface area (Å²) in [5, 5.41) is 9.64. The number of rotatable bonds is 5. The van der Waals surface area contributed by atoms with Crippen molar-refractivity contribution in [2.75, 3.05) is 6.54 Å². The topological polar surface area (TPSA) is 23.5 Å². The maximum atomic E-state index is 13.1. The molecule has 0 aromatic heterocycles. The molecule has 1 aromatic carbocycles. The van der Waals surface area contributed by atoms with E-state index in [4.69, 9.17) is 0 Å². The molecule has 1 rings (SSSR count). The van der Waals surface area contributed by atoms with Crippen molar-refractivity contribution in [3.8, 4) is 5.75 Å². The minimum atomic E-state index is -0.298. The summed E-state index contributed by atoms with van der Waals surface area (Å²) in [5.41, 5.74) is 0.655. The van der Waals surface area contributed by atoms with Crippen LogP contribution in [0.1, 0.15) is 32.8 Å². The van der Waals surface area contributed by atoms with Crippen molar-refractivity contribution in [2.45, 2.75) is 39.8 Å². The first-order valence-corrected chi connectivity index (χ1v) is 5.79. The molecule has 1 atom stereocenters. The van der Waals surface area contributed by atoms with Gasteiger partial charge in [-0.3, -0.25) is 4.90 Å². The van der Waals surface area contributed by atoms with Crippen LogP contribution in [-0.2, 0) is 6.54 Å². The first-order chi connectivity index (χ1) is 7.58. The molecule has 0 heterocycles. The van der Waals surface area contributed by atoms with Gasteiger partial charge in [-0.25, -0.2) is 4.39 Å². The molecule has 1 aromatic rings. The third kappa shape index (κ3) is 3.20. The summed E-state index contributed by atoms with van der Waals surface area (Å²) in [6.07, 6.45) is 1.05. The van der Waals surface area contributed by atoms with Gasteiger partial charge in [-0.1, -0.05) is 13.8 Å². The number of phenols is 1. The summed E-state index contributed by atoms with van der Waals surface area (Å²) in [7, 11) is 0. The summed E-state index contributed by atoms with van der Waals surface area (Å²) in [6.45, 7) is 7.82. The van der Waals surface area contributed by atoms with Gasteiger partial charge in [0, 0.05) is 18.2 Å². The zero-order valence-corrected chi connectivity index (χ0v) is 10.2. The van der Waals surface area contributed by atoms with Crippen LogP contribution in [0.3, 0.4) is 0 Å². The quantitative estimate of drug-likeness (QED) is 0.832. The molecule has 0 saturated carbocycles. The fourth-order valence-electron chi connectivity index (χ4n) is 1.74. The molecule has 0 aliphatic rings. The molecule has 3 heteroatoms. The van der Waals surface area contributed by atoms with E-state index in [1.165, 1.54) is 18.2 Å². The standard InChI is InChI=1S/C13H20FNO/c1-4-10(3)15(5-2)9-11-8-12(14)6-7-13(11)16/h6-8,10,16H,4-5,9H2,1-3H3. The van der Waals surface area contributed by atoms with Crippen LogP contribution in [0.4, 0.5) is 4.39 Å². The van der Waals surface area contributed by atoms with Crippen molar-refractivity contribution in [2.24, 2.45) is 0 Å². The van der Waals surface area contributed by atoms with Gasteiger partial charge in [0.25, 0.3) is 0 Å². The normalized spacial score (nSPS) is 13.1. The van der Waals surface area contributed by atoms with E-state index in [0.29, 0.717) is 18.2 Å². The van der Waals surface area contributed by atoms with Crippen LogP contribution in [0.5, 0.6) is 5.75 Å². The summed E-state index contributed by atoms with van der Waals surface area (Å²) in [4.78, 5) is 2.22. The summed E-state index contributed by atoms with van der Waals surface area (Å²) in [6, 6.07) is 4.53. The molecule has 0 amide bonds. The van der Waals surface area contributed by atoms with Crippen LogP contribution < -0.4 is 0 Å². The Labute approximate surface area is 96.7 Å². The van der Waals surface area contributed by atoms with Crippen molar-refractivity contribution in [1.29, 1.82) is 0 Å². The molecule has 16 heavy (non-hydrogen) atoms. The number of hydrogen-bond acceptors (Lipinski definition) is 2. The minimum Gasteiger partial charge on any atom is -0.508 e. The van der Waals surface area contributed by atoms with Gasteiger partial charge >= 0.3 is 0 Å². The van der Waals surface area contributed by atoms with Crippen LogP contribution in [0.25, 0.3) is 0 Å². The zero-order chi connectivity index (χ0) is 12.1. The predicted octanol–water partition coefficient (Wildman–Crippen LogP) is 3.15. The van der Waals surface area contributed by atoms with Gasteiger partial charge in [0.1, 0.15) is 11.6 Å². The van der Waals surface area contributed by atoms with Crippen molar-refractivity contribution in [1.82, 2.24) is 4.90 Å². The largest absolute Gasteiger partial charge is 0.508 e. The average Bonchev–Trinajstić information content (AvgIpc) is 2.29. The molecule has 0 spiro atoms. The highest BCUT2D eigenvalue weighted by Crippen LogP contribution is 2.21. The maximum Gasteiger partial charge on any atom is 0.123 e. The van der Waals surface area contributed by atoms with Crippen LogP contribution in [0.2, 0.25) is 0 Å². The Morgan fingerprint density at radius 3 is 2.62 bits per heavy atom. The number of nitrogens with zero attached hydrogens (tertiary/aromatic N) is 1. The van der Waals surface area contributed by atoms with Gasteiger partial charge in [-0.05, 0) is 38.1 Å². The highest BCUT2D eigenvalue weighted by Gasteiger charge is 2.13. The van der Waals surface area contributed by atoms with Gasteiger partial charge in [0.2, 0.25) is 0 Å². The van der Waals surface area contributed by atoms with Crippen LogP contribution in [0.15, 0.2) is 18.2 Å². The Morgan fingerprint density at radius 1 is 1.38 bits per heavy atom. The Hall–Kier alpha value is -1.09. The van der Waals surface area contributed by atoms with E-state index in [1.807, 2.05) is 0 Å². The molecule has 1 unspecified atom stereocenters. The maximum absolute atomic E-state index is 13.1. The SMILES string of the molecule is CCC(C)N(CC)Cc1cc(F)ccc1O. The van der Waals surface area contributed by atoms with Crippen molar-refractivity contribution in [3.63, 3.8) is 0 Å². The van der Waals surface area contributed by atoms with Gasteiger partial charge < -0.3 is 5.11 Å². The second-order valence-corrected chi connectivity index (χ2v) is 4.09. The van der Waals surface area contributed by atoms with Crippen molar-refractivity contribution < 1.29 is 9.50 Å². The molecule has 0 saturated heterocycles. The van der Waals surface area contributed by atoms with E-state index in [2.05, 4.69) is 25.7 Å². The number of benzene rings is 1. The minimum absolute atomic E-state index is 0.170. The summed E-state index contributed by atoms with van der Waals surface area (Å²) >= 11 is 0. The smallest absolute Gasteiger partial charge is 0.123 e. The molecule has 0 fully saturated rings. The Kier molecular flexibility index (Phi) is 4.74. The van der Waals surface area contributed by atoms with Gasteiger partial charge in [-0.15, -0.1) is 0 Å². The third-order valence-electron chi connectivity index (χ3n) is 3.04. The van der Waals surface area contributed by atoms with Crippen molar-refractivity contribution >= 4 is 0 Å². The average molecular weight is 225 g/mol. The van der Waals surface area contributed by atoms with Gasteiger partial charge in [-0.2, -0.15) is 0 Å². The number of halogens is 1. The van der Waals surface area contributed by atoms with Crippen LogP contribution in [0, 0.1) is 5.82 Å². The highest BCUT2D eigenvalue weighted by atomic mass is 19.1. The van der Waals surface area contributed by atoms with E-state index < -0.39 is 0 Å². The fourth-order valence-corrected chi connectivity index (χ4v) is 1.74. The molecular weight excluding hydrogens is 205 g/mol. The summed E-state index contributed by atoms with van der Waals surface area (Å²) in [5.74, 6) is -0.129. The second-order valence-electron chi connectivity index (χ2n) is 4.09. The number of aromatic hydroxyl groups is 1. The Bertz CT molecular complexity index is 341. The van der Waals surface area contributed by atoms with Crippen molar-refractivity contribution in [3.05, 3.63) is 29.6 Å². The number of hydrogen-bond donors (Lipinski definition) is 1. The first kappa shape index (κ1) is 13.0. The van der Waals surface area contributed by atoms with E-state index in [9.17, 15) is 9.50 Å². The second kappa shape index (κ2) is 5.85. The van der Waals surface area contributed by atoms with E-state index in [-0.39, 0.29) is 11.6 Å². The lowest BCUT2D eigenvalue weighted by molar-refractivity contribution is 0.203. The van der Waals surface area contributed by atoms with E-state index >= 15 is 0 Å². The fraction of sp³-hybridized carbons (Fsp3) is 0.538. The monoisotopic (exact) mass is 225 g/mol. The lowest BCUT2D eigenvalue weighted by Gasteiger charge is -2.27. The van der Waals surface area contributed by atoms with E-state index in [0.717, 1.165) is 13.0 Å². The lowest BCUT2D eigenvalue weighted by Crippen LogP contribution is -2.31. The number of phenolic OH excluding ortho intramolecular Hbond substituents is 1. The van der Waals surface area contributed by atoms with Crippen LogP contribution >= 0.6 is 0 Å². The van der Waals surface area contributed by atoms with E-state index in [1.54, 1.807) is 0 Å². The predicted molar refractivity (Wildman–Crippen MR) is 63.9 cm³/mol. The van der Waals surface area contributed by atoms with Crippen LogP contribution in [-0.4, -0.2) is 22.6 Å². The molecule has 0 aliphatic carbocycles. The molecule has 0 radical (unpaired) electrons. The lowest BCUT2D eigenvalue weighted by atomic mass is 10.1. The Morgan fingerprint density at radius 2 is 2.06 bits per heavy atom. The third-order valence-corrected chi connectivity index (χ3v) is 3.04. The molecule has 1 N–H and O–H groups in total. The first-order valence-electron chi connectivity index (χ1n) is 5.79. The molecule has 90 valence electrons. The molecule has 0 aliphatic heterocycles. The zero-order valence-electron chi connectivity index (χ0n) is 10.2. The Balaban J connectivity index is 2.81. The molecule has 0 bridgehead atoms. The molecular formula is C13H20FNO. The molecule has 2 nitrogen and oxygen atoms in total. The van der Waals surface area contributed by atoms with Gasteiger partial charge in [0.15, 0.2) is 0 Å². The highest BCUT2D eigenvalue weighted by molar-refractivity contribution is 5.32.